The lowest BCUT2D eigenvalue weighted by molar-refractivity contribution is -0.112. The fraction of sp³-hybridized carbons (Fsp3) is 0. The van der Waals surface area contributed by atoms with E-state index in [0.717, 1.165) is 0 Å². The van der Waals surface area contributed by atoms with Crippen LogP contribution in [0.15, 0.2) is 18.2 Å². The summed E-state index contributed by atoms with van der Waals surface area (Å²) in [5.41, 5.74) is 0.903. The Kier molecular flexibility index (Phi) is 1.06. The second kappa shape index (κ2) is 1.92. The topological polar surface area (TPSA) is 46.2 Å². The van der Waals surface area contributed by atoms with E-state index in [1.807, 2.05) is 0 Å². The van der Waals surface area contributed by atoms with Crippen LogP contribution in [-0.2, 0) is 4.79 Å². The normalized spacial score (nSPS) is 14.5. The van der Waals surface area contributed by atoms with Crippen LogP contribution in [0.2, 0.25) is 0 Å². The first-order valence-corrected chi connectivity index (χ1v) is 3.15. The van der Waals surface area contributed by atoms with Gasteiger partial charge in [0.05, 0.1) is 11.3 Å². The van der Waals surface area contributed by atoms with Gasteiger partial charge in [0.25, 0.3) is 11.7 Å². The molecule has 53 valence electrons. The predicted octanol–water partition coefficient (Wildman–Crippen LogP) is 0.622. The van der Waals surface area contributed by atoms with Crippen molar-refractivity contribution >= 4 is 17.4 Å². The van der Waals surface area contributed by atoms with Crippen LogP contribution in [0.5, 0.6) is 0 Å². The molecule has 0 saturated carbocycles. The standard InChI is InChI=1S/C8H4NO2/c10-7-5-3-1-2-4-6(5)9-8(7)11/h1-3H,(H,9,10,11). The molecule has 11 heavy (non-hydrogen) atoms. The number of ketones is 1. The van der Waals surface area contributed by atoms with Crippen molar-refractivity contribution in [3.8, 4) is 0 Å². The van der Waals surface area contributed by atoms with Crippen molar-refractivity contribution in [2.45, 2.75) is 0 Å². The van der Waals surface area contributed by atoms with Crippen LogP contribution in [0, 0.1) is 6.07 Å². The van der Waals surface area contributed by atoms with Crippen molar-refractivity contribution in [3.05, 3.63) is 29.8 Å². The van der Waals surface area contributed by atoms with Crippen LogP contribution < -0.4 is 5.32 Å². The van der Waals surface area contributed by atoms with Crippen LogP contribution in [0.25, 0.3) is 0 Å². The lowest BCUT2D eigenvalue weighted by Crippen LogP contribution is -2.12. The van der Waals surface area contributed by atoms with Gasteiger partial charge in [-0.1, -0.05) is 12.1 Å². The molecule has 1 aromatic rings. The SMILES string of the molecule is O=C1Nc2[c]cccc2C1=O. The molecular formula is C8H4NO2. The molecule has 3 heteroatoms. The first kappa shape index (κ1) is 6.09. The summed E-state index contributed by atoms with van der Waals surface area (Å²) < 4.78 is 0. The Morgan fingerprint density at radius 2 is 2.18 bits per heavy atom. The summed E-state index contributed by atoms with van der Waals surface area (Å²) in [5.74, 6) is -1.04. The Hall–Kier alpha value is -1.64. The van der Waals surface area contributed by atoms with Gasteiger partial charge in [0.2, 0.25) is 0 Å². The van der Waals surface area contributed by atoms with Gasteiger partial charge in [0, 0.05) is 6.07 Å². The zero-order valence-electron chi connectivity index (χ0n) is 5.55. The molecule has 0 bridgehead atoms. The van der Waals surface area contributed by atoms with Crippen LogP contribution in [0.4, 0.5) is 5.69 Å². The smallest absolute Gasteiger partial charge is 0.296 e. The number of carbonyl (C=O) groups excluding carboxylic acids is 2. The Balaban J connectivity index is 2.64. The fourth-order valence-corrected chi connectivity index (χ4v) is 1.02. The number of para-hydroxylation sites is 1. The van der Waals surface area contributed by atoms with E-state index in [1.165, 1.54) is 0 Å². The number of rotatable bonds is 0. The molecule has 1 radical (unpaired) electrons. The van der Waals surface area contributed by atoms with Crippen LogP contribution in [0.3, 0.4) is 0 Å². The third-order valence-corrected chi connectivity index (χ3v) is 1.55. The van der Waals surface area contributed by atoms with Crippen LogP contribution in [0.1, 0.15) is 10.4 Å². The van der Waals surface area contributed by atoms with E-state index in [-0.39, 0.29) is 0 Å². The minimum Gasteiger partial charge on any atom is -0.318 e. The van der Waals surface area contributed by atoms with E-state index in [2.05, 4.69) is 11.4 Å². The van der Waals surface area contributed by atoms with Gasteiger partial charge in [-0.05, 0) is 6.07 Å². The van der Waals surface area contributed by atoms with Gasteiger partial charge in [-0.15, -0.1) is 0 Å². The summed E-state index contributed by atoms with van der Waals surface area (Å²) in [7, 11) is 0. The summed E-state index contributed by atoms with van der Waals surface area (Å²) in [6.45, 7) is 0. The minimum absolute atomic E-state index is 0.414. The Morgan fingerprint density at radius 1 is 1.36 bits per heavy atom. The number of hydrogen-bond acceptors (Lipinski definition) is 2. The quantitative estimate of drug-likeness (QED) is 0.545. The zero-order valence-corrected chi connectivity index (χ0v) is 5.55. The molecule has 1 amide bonds. The molecule has 1 aliphatic rings. The third kappa shape index (κ3) is 0.741. The van der Waals surface area contributed by atoms with Crippen molar-refractivity contribution in [1.29, 1.82) is 0 Å². The molecule has 0 aromatic heterocycles. The maximum absolute atomic E-state index is 11.0. The molecule has 0 spiro atoms. The van der Waals surface area contributed by atoms with Crippen molar-refractivity contribution in [2.75, 3.05) is 5.32 Å². The molecule has 0 aliphatic carbocycles. The van der Waals surface area contributed by atoms with E-state index in [9.17, 15) is 9.59 Å². The molecule has 0 saturated heterocycles. The number of carbonyl (C=O) groups is 2. The first-order chi connectivity index (χ1) is 5.29. The van der Waals surface area contributed by atoms with Gasteiger partial charge < -0.3 is 5.32 Å². The van der Waals surface area contributed by atoms with E-state index >= 15 is 0 Å². The maximum Gasteiger partial charge on any atom is 0.296 e. The Labute approximate surface area is 63.0 Å². The number of Topliss-reactive ketones (excluding diaryl/α,β-unsaturated/α-hetero) is 1. The van der Waals surface area contributed by atoms with Gasteiger partial charge >= 0.3 is 0 Å². The number of fused-ring (bicyclic) bond motifs is 1. The molecule has 1 aromatic carbocycles. The van der Waals surface area contributed by atoms with Gasteiger partial charge in [-0.3, -0.25) is 9.59 Å². The van der Waals surface area contributed by atoms with Gasteiger partial charge in [0.1, 0.15) is 0 Å². The molecule has 0 fully saturated rings. The van der Waals surface area contributed by atoms with Crippen molar-refractivity contribution in [2.24, 2.45) is 0 Å². The van der Waals surface area contributed by atoms with E-state index in [0.29, 0.717) is 11.3 Å². The molecule has 3 nitrogen and oxygen atoms in total. The average molecular weight is 146 g/mol. The van der Waals surface area contributed by atoms with Crippen LogP contribution >= 0.6 is 0 Å². The van der Waals surface area contributed by atoms with Gasteiger partial charge in [-0.2, -0.15) is 0 Å². The van der Waals surface area contributed by atoms with E-state index in [1.54, 1.807) is 18.2 Å². The molecule has 1 aliphatic heterocycles. The fourth-order valence-electron chi connectivity index (χ4n) is 1.02. The van der Waals surface area contributed by atoms with Crippen molar-refractivity contribution in [1.82, 2.24) is 0 Å². The van der Waals surface area contributed by atoms with Crippen molar-refractivity contribution in [3.63, 3.8) is 0 Å². The second-order valence-corrected chi connectivity index (χ2v) is 2.24. The maximum atomic E-state index is 11.0. The first-order valence-electron chi connectivity index (χ1n) is 3.15. The summed E-state index contributed by atoms with van der Waals surface area (Å²) in [4.78, 5) is 21.7. The second-order valence-electron chi connectivity index (χ2n) is 2.24. The van der Waals surface area contributed by atoms with Crippen molar-refractivity contribution < 1.29 is 9.59 Å². The average Bonchev–Trinajstić information content (AvgIpc) is 2.30. The molecule has 2 rings (SSSR count). The van der Waals surface area contributed by atoms with Gasteiger partial charge in [-0.25, -0.2) is 0 Å². The number of amides is 1. The zero-order chi connectivity index (χ0) is 7.84. The van der Waals surface area contributed by atoms with Crippen LogP contribution in [-0.4, -0.2) is 11.7 Å². The number of benzene rings is 1. The number of hydrogen-bond donors (Lipinski definition) is 1. The lowest BCUT2D eigenvalue weighted by atomic mass is 10.1. The van der Waals surface area contributed by atoms with E-state index < -0.39 is 11.7 Å². The summed E-state index contributed by atoms with van der Waals surface area (Å²) in [5, 5.41) is 2.40. The highest BCUT2D eigenvalue weighted by Crippen LogP contribution is 2.20. The lowest BCUT2D eigenvalue weighted by Gasteiger charge is -1.90. The highest BCUT2D eigenvalue weighted by atomic mass is 16.2. The van der Waals surface area contributed by atoms with Gasteiger partial charge in [0.15, 0.2) is 0 Å². The largest absolute Gasteiger partial charge is 0.318 e. The predicted molar refractivity (Wildman–Crippen MR) is 38.2 cm³/mol. The molecule has 1 N–H and O–H groups in total. The molecular weight excluding hydrogens is 142 g/mol. The number of anilines is 1. The molecule has 0 unspecified atom stereocenters. The monoisotopic (exact) mass is 146 g/mol. The third-order valence-electron chi connectivity index (χ3n) is 1.55. The highest BCUT2D eigenvalue weighted by molar-refractivity contribution is 6.51. The minimum atomic E-state index is -0.567. The summed E-state index contributed by atoms with van der Waals surface area (Å²) >= 11 is 0. The molecule has 1 heterocycles. The summed E-state index contributed by atoms with van der Waals surface area (Å²) in [6.07, 6.45) is 0. The molecule has 0 atom stereocenters. The van der Waals surface area contributed by atoms with E-state index in [4.69, 9.17) is 0 Å². The number of nitrogens with one attached hydrogen (secondary N) is 1. The summed E-state index contributed by atoms with van der Waals surface area (Å²) in [6, 6.07) is 7.69. The Morgan fingerprint density at radius 3 is 2.91 bits per heavy atom. The Bertz CT molecular complexity index is 344. The highest BCUT2D eigenvalue weighted by Gasteiger charge is 2.26.